The summed E-state index contributed by atoms with van der Waals surface area (Å²) >= 11 is 0. The molecule has 8 nitrogen and oxygen atoms in total. The Morgan fingerprint density at radius 1 is 1.06 bits per heavy atom. The number of carbonyl (C=O) groups is 1. The fourth-order valence-electron chi connectivity index (χ4n) is 3.01. The molecule has 0 spiro atoms. The van der Waals surface area contributed by atoms with Crippen LogP contribution in [0.5, 0.6) is 17.4 Å². The summed E-state index contributed by atoms with van der Waals surface area (Å²) < 4.78 is 45.9. The van der Waals surface area contributed by atoms with Crippen LogP contribution in [0.15, 0.2) is 61.1 Å². The minimum Gasteiger partial charge on any atom is -0.504 e. The van der Waals surface area contributed by atoms with Gasteiger partial charge in [-0.1, -0.05) is 6.07 Å². The van der Waals surface area contributed by atoms with Crippen LogP contribution in [0.3, 0.4) is 0 Å². The third kappa shape index (κ3) is 4.41. The van der Waals surface area contributed by atoms with Crippen LogP contribution in [0.4, 0.5) is 29.3 Å². The van der Waals surface area contributed by atoms with Crippen LogP contribution < -0.4 is 15.4 Å². The van der Waals surface area contributed by atoms with Gasteiger partial charge < -0.3 is 25.0 Å². The summed E-state index contributed by atoms with van der Waals surface area (Å²) in [6.07, 6.45) is -1.39. The molecule has 0 bridgehead atoms. The van der Waals surface area contributed by atoms with Crippen molar-refractivity contribution < 1.29 is 27.8 Å². The van der Waals surface area contributed by atoms with Crippen LogP contribution >= 0.6 is 0 Å². The van der Waals surface area contributed by atoms with Gasteiger partial charge in [-0.25, -0.2) is 9.78 Å². The Morgan fingerprint density at radius 2 is 1.81 bits per heavy atom. The maximum Gasteiger partial charge on any atom is 0.416 e. The topological polar surface area (TPSA) is 101 Å². The molecule has 164 valence electrons. The summed E-state index contributed by atoms with van der Waals surface area (Å²) in [6, 6.07) is 9.38. The molecule has 3 N–H and O–H groups in total. The Bertz CT molecular complexity index is 1300. The Kier molecular flexibility index (Phi) is 5.31. The van der Waals surface area contributed by atoms with E-state index in [0.717, 1.165) is 12.1 Å². The van der Waals surface area contributed by atoms with Gasteiger partial charge in [0.15, 0.2) is 11.5 Å². The van der Waals surface area contributed by atoms with Gasteiger partial charge in [0.05, 0.1) is 11.1 Å². The summed E-state index contributed by atoms with van der Waals surface area (Å²) in [5.74, 6) is 0.0543. The smallest absolute Gasteiger partial charge is 0.416 e. The number of benzene rings is 2. The van der Waals surface area contributed by atoms with Crippen molar-refractivity contribution in [3.63, 3.8) is 0 Å². The molecular formula is C21H16F3N5O3. The van der Waals surface area contributed by atoms with Gasteiger partial charge in [0.2, 0.25) is 5.88 Å². The fourth-order valence-corrected chi connectivity index (χ4v) is 3.01. The number of urea groups is 1. The molecule has 0 unspecified atom stereocenters. The molecule has 0 saturated carbocycles. The Balaban J connectivity index is 1.46. The summed E-state index contributed by atoms with van der Waals surface area (Å²) in [4.78, 5) is 20.4. The summed E-state index contributed by atoms with van der Waals surface area (Å²) in [6.45, 7) is 0. The number of nitrogens with one attached hydrogen (secondary N) is 2. The first-order valence-electron chi connectivity index (χ1n) is 9.23. The summed E-state index contributed by atoms with van der Waals surface area (Å²) in [7, 11) is 1.80. The zero-order valence-electron chi connectivity index (χ0n) is 16.5. The second kappa shape index (κ2) is 8.10. The number of fused-ring (bicyclic) bond motifs is 1. The lowest BCUT2D eigenvalue weighted by Gasteiger charge is -2.12. The number of phenolic OH excluding ortho intramolecular Hbond substituents is 1. The van der Waals surface area contributed by atoms with Crippen molar-refractivity contribution in [2.24, 2.45) is 7.05 Å². The van der Waals surface area contributed by atoms with Gasteiger partial charge in [-0.2, -0.15) is 18.2 Å². The number of carbonyl (C=O) groups excluding carboxylic acids is 1. The fraction of sp³-hybridized carbons (Fsp3) is 0.0952. The minimum atomic E-state index is -4.52. The molecule has 32 heavy (non-hydrogen) atoms. The van der Waals surface area contributed by atoms with E-state index >= 15 is 0 Å². The summed E-state index contributed by atoms with van der Waals surface area (Å²) in [5, 5.41) is 15.1. The monoisotopic (exact) mass is 443 g/mol. The first-order chi connectivity index (χ1) is 15.2. The first-order valence-corrected chi connectivity index (χ1v) is 9.23. The SMILES string of the molecule is Cn1ccc2ncnc(Oc3ccc(NC(=O)Nc4cccc(C(F)(F)F)c4)cc3O)c21. The van der Waals surface area contributed by atoms with Crippen LogP contribution in [0.1, 0.15) is 5.56 Å². The lowest BCUT2D eigenvalue weighted by atomic mass is 10.2. The number of rotatable bonds is 4. The van der Waals surface area contributed by atoms with E-state index in [1.807, 2.05) is 0 Å². The molecule has 0 aliphatic heterocycles. The molecule has 0 fully saturated rings. The van der Waals surface area contributed by atoms with Crippen molar-refractivity contribution >= 4 is 28.4 Å². The van der Waals surface area contributed by atoms with Gasteiger partial charge in [0.25, 0.3) is 0 Å². The number of halogens is 3. The number of aryl methyl sites for hydroxylation is 1. The Labute approximate surface area is 179 Å². The van der Waals surface area contributed by atoms with Crippen LogP contribution in [0.25, 0.3) is 11.0 Å². The number of aromatic nitrogens is 3. The van der Waals surface area contributed by atoms with Crippen molar-refractivity contribution in [3.05, 3.63) is 66.6 Å². The zero-order chi connectivity index (χ0) is 22.9. The predicted octanol–water partition coefficient (Wildman–Crippen LogP) is 5.13. The highest BCUT2D eigenvalue weighted by Gasteiger charge is 2.30. The Hall–Kier alpha value is -4.28. The number of nitrogens with zero attached hydrogens (tertiary/aromatic N) is 3. The maximum absolute atomic E-state index is 12.8. The van der Waals surface area contributed by atoms with E-state index in [2.05, 4.69) is 20.6 Å². The molecule has 4 rings (SSSR count). The number of hydrogen-bond donors (Lipinski definition) is 3. The predicted molar refractivity (Wildman–Crippen MR) is 111 cm³/mol. The van der Waals surface area contributed by atoms with Crippen molar-refractivity contribution in [2.45, 2.75) is 6.18 Å². The average molecular weight is 443 g/mol. The van der Waals surface area contributed by atoms with Gasteiger partial charge >= 0.3 is 12.2 Å². The molecule has 2 aromatic heterocycles. The minimum absolute atomic E-state index is 0.0307. The Morgan fingerprint density at radius 3 is 2.53 bits per heavy atom. The van der Waals surface area contributed by atoms with Crippen molar-refractivity contribution in [1.29, 1.82) is 0 Å². The van der Waals surface area contributed by atoms with E-state index in [-0.39, 0.29) is 28.8 Å². The van der Waals surface area contributed by atoms with E-state index in [4.69, 9.17) is 4.74 Å². The standard InChI is InChI=1S/C21H16F3N5O3/c1-29-8-7-15-18(29)19(26-11-25-15)32-17-6-5-14(10-16(17)30)28-20(31)27-13-4-2-3-12(9-13)21(22,23)24/h2-11,30H,1H3,(H2,27,28,31). The van der Waals surface area contributed by atoms with E-state index < -0.39 is 17.8 Å². The highest BCUT2D eigenvalue weighted by Crippen LogP contribution is 2.35. The van der Waals surface area contributed by atoms with Crippen molar-refractivity contribution in [3.8, 4) is 17.4 Å². The zero-order valence-corrected chi connectivity index (χ0v) is 16.5. The molecule has 0 saturated heterocycles. The average Bonchev–Trinajstić information content (AvgIpc) is 3.11. The maximum atomic E-state index is 12.8. The van der Waals surface area contributed by atoms with Crippen molar-refractivity contribution in [1.82, 2.24) is 14.5 Å². The second-order valence-corrected chi connectivity index (χ2v) is 6.78. The molecule has 2 amide bonds. The highest BCUT2D eigenvalue weighted by molar-refractivity contribution is 6.00. The number of aromatic hydroxyl groups is 1. The van der Waals surface area contributed by atoms with Crippen LogP contribution in [0, 0.1) is 0 Å². The molecule has 0 aliphatic carbocycles. The number of anilines is 2. The van der Waals surface area contributed by atoms with Gasteiger partial charge in [0.1, 0.15) is 11.8 Å². The van der Waals surface area contributed by atoms with Crippen molar-refractivity contribution in [2.75, 3.05) is 10.6 Å². The van der Waals surface area contributed by atoms with Gasteiger partial charge in [0, 0.05) is 30.7 Å². The highest BCUT2D eigenvalue weighted by atomic mass is 19.4. The van der Waals surface area contributed by atoms with Gasteiger partial charge in [-0.15, -0.1) is 0 Å². The largest absolute Gasteiger partial charge is 0.504 e. The van der Waals surface area contributed by atoms with E-state index in [0.29, 0.717) is 11.0 Å². The quantitative estimate of drug-likeness (QED) is 0.406. The molecule has 2 heterocycles. The van der Waals surface area contributed by atoms with Crippen LogP contribution in [0.2, 0.25) is 0 Å². The van der Waals surface area contributed by atoms with E-state index in [9.17, 15) is 23.1 Å². The first kappa shape index (κ1) is 21.0. The normalized spacial score (nSPS) is 11.4. The number of amides is 2. The number of alkyl halides is 3. The lowest BCUT2D eigenvalue weighted by molar-refractivity contribution is -0.137. The third-order valence-electron chi connectivity index (χ3n) is 4.50. The van der Waals surface area contributed by atoms with Gasteiger partial charge in [-0.3, -0.25) is 0 Å². The summed E-state index contributed by atoms with van der Waals surface area (Å²) in [5.41, 5.74) is 0.588. The molecule has 0 aliphatic rings. The molecule has 2 aromatic carbocycles. The van der Waals surface area contributed by atoms with Crippen LogP contribution in [-0.4, -0.2) is 25.7 Å². The van der Waals surface area contributed by atoms with E-state index in [1.54, 1.807) is 23.9 Å². The molecule has 0 atom stereocenters. The second-order valence-electron chi connectivity index (χ2n) is 6.78. The third-order valence-corrected chi connectivity index (χ3v) is 4.50. The van der Waals surface area contributed by atoms with Crippen LogP contribution in [-0.2, 0) is 13.2 Å². The van der Waals surface area contributed by atoms with Gasteiger partial charge in [-0.05, 0) is 36.4 Å². The molecule has 11 heteroatoms. The number of ether oxygens (including phenoxy) is 1. The van der Waals surface area contributed by atoms with E-state index in [1.165, 1.54) is 36.7 Å². The number of phenols is 1. The molecule has 4 aromatic rings. The number of hydrogen-bond acceptors (Lipinski definition) is 5. The molecule has 0 radical (unpaired) electrons. The lowest BCUT2D eigenvalue weighted by Crippen LogP contribution is -2.19. The molecular weight excluding hydrogens is 427 g/mol.